The fourth-order valence-electron chi connectivity index (χ4n) is 2.85. The molecule has 26 heavy (non-hydrogen) atoms. The Morgan fingerprint density at radius 2 is 1.65 bits per heavy atom. The van der Waals surface area contributed by atoms with Crippen molar-refractivity contribution in [3.8, 4) is 0 Å². The number of nitro groups is 1. The summed E-state index contributed by atoms with van der Waals surface area (Å²) >= 11 is 0. The van der Waals surface area contributed by atoms with Crippen LogP contribution in [0, 0.1) is 44.7 Å². The van der Waals surface area contributed by atoms with Crippen LogP contribution in [0.5, 0.6) is 0 Å². The van der Waals surface area contributed by atoms with E-state index in [0.717, 1.165) is 22.3 Å². The zero-order chi connectivity index (χ0) is 19.6. The molecule has 136 valence electrons. The molecule has 6 nitrogen and oxygen atoms in total. The Hall–Kier alpha value is -3.02. The molecule has 0 aromatic heterocycles. The van der Waals surface area contributed by atoms with Crippen LogP contribution in [-0.2, 0) is 4.74 Å². The summed E-state index contributed by atoms with van der Waals surface area (Å²) in [5.74, 6) is -1.21. The molecule has 0 N–H and O–H groups in total. The molecule has 0 unspecified atom stereocenters. The molecule has 6 heteroatoms. The number of ether oxygens (including phenoxy) is 1. The van der Waals surface area contributed by atoms with Crippen LogP contribution >= 0.6 is 0 Å². The quantitative estimate of drug-likeness (QED) is 0.348. The predicted octanol–water partition coefficient (Wildman–Crippen LogP) is 4.18. The molecule has 0 bridgehead atoms. The maximum Gasteiger partial charge on any atom is 0.345 e. The van der Waals surface area contributed by atoms with Gasteiger partial charge in [0.05, 0.1) is 4.92 Å². The minimum atomic E-state index is -0.874. The van der Waals surface area contributed by atoms with Gasteiger partial charge in [-0.2, -0.15) is 0 Å². The number of carbonyl (C=O) groups excluding carboxylic acids is 2. The molecule has 0 amide bonds. The van der Waals surface area contributed by atoms with E-state index in [2.05, 4.69) is 0 Å². The number of carbonyl (C=O) groups is 2. The average Bonchev–Trinajstić information content (AvgIpc) is 2.60. The molecule has 0 saturated heterocycles. The van der Waals surface area contributed by atoms with E-state index >= 15 is 0 Å². The summed E-state index contributed by atoms with van der Waals surface area (Å²) < 4.78 is 5.09. The highest BCUT2D eigenvalue weighted by atomic mass is 16.6. The Morgan fingerprint density at radius 3 is 2.27 bits per heavy atom. The minimum absolute atomic E-state index is 0.127. The molecular weight excluding hydrogens is 334 g/mol. The van der Waals surface area contributed by atoms with Crippen molar-refractivity contribution in [2.45, 2.75) is 34.6 Å². The molecule has 0 aliphatic carbocycles. The number of aryl methyl sites for hydroxylation is 2. The third-order valence-corrected chi connectivity index (χ3v) is 4.77. The first kappa shape index (κ1) is 19.3. The monoisotopic (exact) mass is 355 g/mol. The van der Waals surface area contributed by atoms with Gasteiger partial charge in [-0.15, -0.1) is 0 Å². The molecule has 0 saturated carbocycles. The molecule has 0 radical (unpaired) electrons. The van der Waals surface area contributed by atoms with Gasteiger partial charge in [0.2, 0.25) is 5.78 Å². The molecule has 0 fully saturated rings. The van der Waals surface area contributed by atoms with Crippen molar-refractivity contribution in [1.29, 1.82) is 0 Å². The summed E-state index contributed by atoms with van der Waals surface area (Å²) in [5, 5.41) is 11.1. The maximum absolute atomic E-state index is 12.5. The van der Waals surface area contributed by atoms with E-state index < -0.39 is 17.5 Å². The molecule has 0 spiro atoms. The van der Waals surface area contributed by atoms with Crippen LogP contribution in [0.15, 0.2) is 24.3 Å². The van der Waals surface area contributed by atoms with Crippen LogP contribution in [0.3, 0.4) is 0 Å². The molecule has 2 aromatic rings. The zero-order valence-electron chi connectivity index (χ0n) is 15.5. The fraction of sp³-hybridized carbons (Fsp3) is 0.300. The van der Waals surface area contributed by atoms with Gasteiger partial charge in [-0.1, -0.05) is 12.1 Å². The smallest absolute Gasteiger partial charge is 0.345 e. The molecule has 0 aliphatic rings. The first-order chi connectivity index (χ1) is 12.1. The highest BCUT2D eigenvalue weighted by molar-refractivity contribution is 6.02. The number of esters is 1. The second-order valence-corrected chi connectivity index (χ2v) is 6.34. The number of hydrogen-bond donors (Lipinski definition) is 0. The van der Waals surface area contributed by atoms with E-state index in [1.807, 2.05) is 27.7 Å². The lowest BCUT2D eigenvalue weighted by Crippen LogP contribution is -2.17. The van der Waals surface area contributed by atoms with Gasteiger partial charge < -0.3 is 4.74 Å². The number of nitro benzene ring substituents is 1. The van der Waals surface area contributed by atoms with Crippen molar-refractivity contribution < 1.29 is 19.2 Å². The van der Waals surface area contributed by atoms with Crippen LogP contribution in [0.1, 0.15) is 48.5 Å². The molecule has 0 heterocycles. The second kappa shape index (κ2) is 7.47. The van der Waals surface area contributed by atoms with Gasteiger partial charge in [0.1, 0.15) is 5.56 Å². The van der Waals surface area contributed by atoms with Gasteiger partial charge in [0.25, 0.3) is 5.69 Å². The standard InChI is InChI=1S/C20H21NO5/c1-11-7-6-8-17(21(24)25)19(11)20(23)26-10-18(22)16-9-12(2)13(3)14(4)15(16)5/h6-9H,10H2,1-5H3. The van der Waals surface area contributed by atoms with Crippen LogP contribution < -0.4 is 0 Å². The van der Waals surface area contributed by atoms with Gasteiger partial charge >= 0.3 is 5.97 Å². The molecule has 0 atom stereocenters. The van der Waals surface area contributed by atoms with Crippen LogP contribution in [-0.4, -0.2) is 23.3 Å². The number of benzene rings is 2. The Bertz CT molecular complexity index is 915. The number of rotatable bonds is 5. The summed E-state index contributed by atoms with van der Waals surface area (Å²) in [6, 6.07) is 6.10. The predicted molar refractivity (Wildman–Crippen MR) is 97.8 cm³/mol. The van der Waals surface area contributed by atoms with Gasteiger partial charge in [-0.3, -0.25) is 14.9 Å². The Kier molecular flexibility index (Phi) is 5.55. The summed E-state index contributed by atoms with van der Waals surface area (Å²) in [5.41, 5.74) is 4.43. The Labute approximate surface area is 151 Å². The van der Waals surface area contributed by atoms with Crippen molar-refractivity contribution in [2.75, 3.05) is 6.61 Å². The topological polar surface area (TPSA) is 86.5 Å². The van der Waals surface area contributed by atoms with Crippen LogP contribution in [0.4, 0.5) is 5.69 Å². The largest absolute Gasteiger partial charge is 0.453 e. The van der Waals surface area contributed by atoms with Gasteiger partial charge in [0, 0.05) is 11.6 Å². The van der Waals surface area contributed by atoms with Crippen LogP contribution in [0.2, 0.25) is 0 Å². The number of hydrogen-bond acceptors (Lipinski definition) is 5. The van der Waals surface area contributed by atoms with Crippen LogP contribution in [0.25, 0.3) is 0 Å². The summed E-state index contributed by atoms with van der Waals surface area (Å²) in [4.78, 5) is 35.3. The van der Waals surface area contributed by atoms with Crippen molar-refractivity contribution in [3.05, 3.63) is 73.3 Å². The number of ketones is 1. The van der Waals surface area contributed by atoms with Gasteiger partial charge in [0.15, 0.2) is 6.61 Å². The van der Waals surface area contributed by atoms with E-state index in [9.17, 15) is 19.7 Å². The molecular formula is C20H21NO5. The first-order valence-corrected chi connectivity index (χ1v) is 8.16. The summed E-state index contributed by atoms with van der Waals surface area (Å²) in [6.07, 6.45) is 0. The SMILES string of the molecule is Cc1cc(C(=O)COC(=O)c2c(C)cccc2[N+](=O)[O-])c(C)c(C)c1C. The zero-order valence-corrected chi connectivity index (χ0v) is 15.5. The van der Waals surface area contributed by atoms with Crippen molar-refractivity contribution in [2.24, 2.45) is 0 Å². The Balaban J connectivity index is 2.24. The second-order valence-electron chi connectivity index (χ2n) is 6.34. The summed E-state index contributed by atoms with van der Waals surface area (Å²) in [7, 11) is 0. The fourth-order valence-corrected chi connectivity index (χ4v) is 2.85. The third kappa shape index (κ3) is 3.64. The van der Waals surface area contributed by atoms with E-state index in [0.29, 0.717) is 11.1 Å². The third-order valence-electron chi connectivity index (χ3n) is 4.77. The normalized spacial score (nSPS) is 10.5. The van der Waals surface area contributed by atoms with E-state index in [4.69, 9.17) is 4.74 Å². The molecule has 2 rings (SSSR count). The summed E-state index contributed by atoms with van der Waals surface area (Å²) in [6.45, 7) is 8.82. The molecule has 0 aliphatic heterocycles. The number of Topliss-reactive ketones (excluding diaryl/α,β-unsaturated/α-hetero) is 1. The van der Waals surface area contributed by atoms with E-state index in [1.54, 1.807) is 19.1 Å². The van der Waals surface area contributed by atoms with E-state index in [1.165, 1.54) is 12.1 Å². The lowest BCUT2D eigenvalue weighted by Gasteiger charge is -2.14. The lowest BCUT2D eigenvalue weighted by molar-refractivity contribution is -0.385. The average molecular weight is 355 g/mol. The first-order valence-electron chi connectivity index (χ1n) is 8.16. The van der Waals surface area contributed by atoms with Gasteiger partial charge in [-0.05, 0) is 68.5 Å². The lowest BCUT2D eigenvalue weighted by atomic mass is 9.93. The molecule has 2 aromatic carbocycles. The van der Waals surface area contributed by atoms with E-state index in [-0.39, 0.29) is 17.0 Å². The number of nitrogens with zero attached hydrogens (tertiary/aromatic N) is 1. The highest BCUT2D eigenvalue weighted by Crippen LogP contribution is 2.24. The minimum Gasteiger partial charge on any atom is -0.453 e. The highest BCUT2D eigenvalue weighted by Gasteiger charge is 2.24. The Morgan fingerprint density at radius 1 is 1.00 bits per heavy atom. The van der Waals surface area contributed by atoms with Gasteiger partial charge in [-0.25, -0.2) is 4.79 Å². The van der Waals surface area contributed by atoms with Crippen molar-refractivity contribution in [1.82, 2.24) is 0 Å². The van der Waals surface area contributed by atoms with Crippen molar-refractivity contribution >= 4 is 17.4 Å². The van der Waals surface area contributed by atoms with Crippen molar-refractivity contribution in [3.63, 3.8) is 0 Å². The maximum atomic E-state index is 12.5.